The molecule has 0 N–H and O–H groups in total. The SMILES string of the molecule is CCCCCc1ccc(OC(=O)c2ccc([C@H]3CC[C@H](CCCC)CC3)cc2)c(F)c1F. The highest BCUT2D eigenvalue weighted by Crippen LogP contribution is 2.37. The summed E-state index contributed by atoms with van der Waals surface area (Å²) < 4.78 is 33.9. The molecule has 0 amide bonds. The summed E-state index contributed by atoms with van der Waals surface area (Å²) in [6.45, 7) is 4.30. The highest BCUT2D eigenvalue weighted by atomic mass is 19.2. The van der Waals surface area contributed by atoms with Crippen LogP contribution in [0.15, 0.2) is 36.4 Å². The van der Waals surface area contributed by atoms with Crippen molar-refractivity contribution in [1.82, 2.24) is 0 Å². The van der Waals surface area contributed by atoms with Gasteiger partial charge in [0.15, 0.2) is 11.6 Å². The molecule has 0 unspecified atom stereocenters. The Morgan fingerprint density at radius 1 is 0.875 bits per heavy atom. The molecule has 1 aliphatic carbocycles. The van der Waals surface area contributed by atoms with Gasteiger partial charge in [-0.2, -0.15) is 4.39 Å². The number of hydrogen-bond acceptors (Lipinski definition) is 2. The maximum atomic E-state index is 14.4. The summed E-state index contributed by atoms with van der Waals surface area (Å²) in [6, 6.07) is 10.3. The minimum Gasteiger partial charge on any atom is -0.420 e. The molecule has 0 saturated heterocycles. The van der Waals surface area contributed by atoms with Gasteiger partial charge in [-0.15, -0.1) is 0 Å². The average Bonchev–Trinajstić information content (AvgIpc) is 2.82. The Bertz CT molecular complexity index is 868. The lowest BCUT2D eigenvalue weighted by Gasteiger charge is -2.28. The summed E-state index contributed by atoms with van der Waals surface area (Å²) in [5, 5.41) is 0. The van der Waals surface area contributed by atoms with E-state index in [0.29, 0.717) is 23.5 Å². The van der Waals surface area contributed by atoms with Gasteiger partial charge in [-0.3, -0.25) is 0 Å². The molecule has 0 bridgehead atoms. The molecule has 0 aromatic heterocycles. The Balaban J connectivity index is 1.58. The first-order chi connectivity index (χ1) is 15.5. The van der Waals surface area contributed by atoms with Crippen molar-refractivity contribution >= 4 is 5.97 Å². The van der Waals surface area contributed by atoms with Crippen LogP contribution in [0.2, 0.25) is 0 Å². The van der Waals surface area contributed by atoms with Crippen LogP contribution in [0.3, 0.4) is 0 Å². The second-order valence-corrected chi connectivity index (χ2v) is 9.18. The fourth-order valence-corrected chi connectivity index (χ4v) is 4.74. The molecule has 1 saturated carbocycles. The second-order valence-electron chi connectivity index (χ2n) is 9.18. The zero-order valence-electron chi connectivity index (χ0n) is 19.5. The van der Waals surface area contributed by atoms with Gasteiger partial charge in [0.25, 0.3) is 0 Å². The number of benzene rings is 2. The van der Waals surface area contributed by atoms with Crippen molar-refractivity contribution < 1.29 is 18.3 Å². The fourth-order valence-electron chi connectivity index (χ4n) is 4.74. The molecule has 2 nitrogen and oxygen atoms in total. The zero-order chi connectivity index (χ0) is 22.9. The molecule has 0 radical (unpaired) electrons. The summed E-state index contributed by atoms with van der Waals surface area (Å²) in [5.41, 5.74) is 1.91. The van der Waals surface area contributed by atoms with Crippen molar-refractivity contribution in [3.63, 3.8) is 0 Å². The van der Waals surface area contributed by atoms with Crippen LogP contribution >= 0.6 is 0 Å². The topological polar surface area (TPSA) is 26.3 Å². The first kappa shape index (κ1) is 24.4. The summed E-state index contributed by atoms with van der Waals surface area (Å²) in [4.78, 5) is 12.5. The second kappa shape index (κ2) is 12.1. The van der Waals surface area contributed by atoms with Gasteiger partial charge in [-0.25, -0.2) is 9.18 Å². The van der Waals surface area contributed by atoms with Crippen LogP contribution in [0, 0.1) is 17.6 Å². The number of halogens is 2. The highest BCUT2D eigenvalue weighted by molar-refractivity contribution is 5.91. The minimum absolute atomic E-state index is 0.324. The van der Waals surface area contributed by atoms with E-state index in [4.69, 9.17) is 4.74 Å². The van der Waals surface area contributed by atoms with E-state index in [1.54, 1.807) is 12.1 Å². The van der Waals surface area contributed by atoms with Crippen LogP contribution in [0.5, 0.6) is 5.75 Å². The third-order valence-electron chi connectivity index (χ3n) is 6.81. The molecule has 32 heavy (non-hydrogen) atoms. The van der Waals surface area contributed by atoms with E-state index in [1.165, 1.54) is 62.6 Å². The molecule has 0 atom stereocenters. The zero-order valence-corrected chi connectivity index (χ0v) is 19.5. The number of carbonyl (C=O) groups is 1. The van der Waals surface area contributed by atoms with Crippen molar-refractivity contribution in [3.8, 4) is 5.75 Å². The lowest BCUT2D eigenvalue weighted by atomic mass is 9.77. The van der Waals surface area contributed by atoms with Crippen LogP contribution in [0.25, 0.3) is 0 Å². The Morgan fingerprint density at radius 3 is 2.22 bits per heavy atom. The maximum absolute atomic E-state index is 14.4. The Labute approximate surface area is 191 Å². The normalized spacial score (nSPS) is 18.5. The fraction of sp³-hybridized carbons (Fsp3) is 0.536. The number of rotatable bonds is 10. The monoisotopic (exact) mass is 442 g/mol. The van der Waals surface area contributed by atoms with Gasteiger partial charge in [0.05, 0.1) is 5.56 Å². The first-order valence-electron chi connectivity index (χ1n) is 12.3. The average molecular weight is 443 g/mol. The minimum atomic E-state index is -1.09. The lowest BCUT2D eigenvalue weighted by molar-refractivity contribution is 0.0726. The van der Waals surface area contributed by atoms with Crippen LogP contribution in [0.1, 0.15) is 105 Å². The quantitative estimate of drug-likeness (QED) is 0.210. The van der Waals surface area contributed by atoms with Gasteiger partial charge in [0.1, 0.15) is 0 Å². The van der Waals surface area contributed by atoms with Crippen molar-refractivity contribution in [2.75, 3.05) is 0 Å². The molecule has 0 spiro atoms. The number of unbranched alkanes of at least 4 members (excludes halogenated alkanes) is 3. The third-order valence-corrected chi connectivity index (χ3v) is 6.81. The van der Waals surface area contributed by atoms with Gasteiger partial charge in [-0.1, -0.05) is 64.2 Å². The standard InChI is InChI=1S/C28H36F2O2/c1-3-5-7-9-23-18-19-25(27(30)26(23)29)32-28(31)24-16-14-22(15-17-24)21-12-10-20(11-13-21)8-6-4-2/h14-21H,3-13H2,1-2H3/t20-,21-. The van der Waals surface area contributed by atoms with Crippen LogP contribution < -0.4 is 4.74 Å². The van der Waals surface area contributed by atoms with Crippen molar-refractivity contribution in [1.29, 1.82) is 0 Å². The summed E-state index contributed by atoms with van der Waals surface area (Å²) >= 11 is 0. The van der Waals surface area contributed by atoms with Gasteiger partial charge in [0.2, 0.25) is 5.82 Å². The van der Waals surface area contributed by atoms with E-state index >= 15 is 0 Å². The van der Waals surface area contributed by atoms with Crippen molar-refractivity contribution in [2.24, 2.45) is 5.92 Å². The first-order valence-corrected chi connectivity index (χ1v) is 12.3. The molecule has 174 valence electrons. The molecule has 2 aromatic carbocycles. The number of ether oxygens (including phenoxy) is 1. The third kappa shape index (κ3) is 6.40. The highest BCUT2D eigenvalue weighted by Gasteiger charge is 2.23. The molecule has 4 heteroatoms. The van der Waals surface area contributed by atoms with Crippen molar-refractivity contribution in [2.45, 2.75) is 90.4 Å². The number of carbonyl (C=O) groups excluding carboxylic acids is 1. The van der Waals surface area contributed by atoms with Gasteiger partial charge in [-0.05, 0) is 79.7 Å². The van der Waals surface area contributed by atoms with E-state index in [0.717, 1.165) is 25.2 Å². The van der Waals surface area contributed by atoms with Crippen LogP contribution in [-0.2, 0) is 6.42 Å². The van der Waals surface area contributed by atoms with E-state index in [2.05, 4.69) is 13.8 Å². The molecule has 1 aliphatic rings. The van der Waals surface area contributed by atoms with Gasteiger partial charge >= 0.3 is 5.97 Å². The van der Waals surface area contributed by atoms with E-state index in [-0.39, 0.29) is 5.75 Å². The molecular weight excluding hydrogens is 406 g/mol. The lowest BCUT2D eigenvalue weighted by Crippen LogP contribution is -2.14. The van der Waals surface area contributed by atoms with E-state index in [1.807, 2.05) is 12.1 Å². The van der Waals surface area contributed by atoms with Crippen molar-refractivity contribution in [3.05, 3.63) is 64.7 Å². The molecule has 0 heterocycles. The summed E-state index contributed by atoms with van der Waals surface area (Å²) in [7, 11) is 0. The van der Waals surface area contributed by atoms with Crippen LogP contribution in [0.4, 0.5) is 8.78 Å². The smallest absolute Gasteiger partial charge is 0.343 e. The Morgan fingerprint density at radius 2 is 1.56 bits per heavy atom. The molecule has 3 rings (SSSR count). The predicted octanol–water partition coefficient (Wildman–Crippen LogP) is 8.38. The predicted molar refractivity (Wildman–Crippen MR) is 125 cm³/mol. The largest absolute Gasteiger partial charge is 0.420 e. The Kier molecular flexibility index (Phi) is 9.25. The summed E-state index contributed by atoms with van der Waals surface area (Å²) in [5.74, 6) is -1.66. The van der Waals surface area contributed by atoms with Gasteiger partial charge < -0.3 is 4.74 Å². The molecule has 0 aliphatic heterocycles. The van der Waals surface area contributed by atoms with E-state index in [9.17, 15) is 13.6 Å². The van der Waals surface area contributed by atoms with Crippen LogP contribution in [-0.4, -0.2) is 5.97 Å². The number of hydrogen-bond donors (Lipinski definition) is 0. The molecule has 2 aromatic rings. The summed E-state index contributed by atoms with van der Waals surface area (Å²) in [6.07, 6.45) is 12.1. The maximum Gasteiger partial charge on any atom is 0.343 e. The van der Waals surface area contributed by atoms with Gasteiger partial charge in [0, 0.05) is 0 Å². The number of aryl methyl sites for hydroxylation is 1. The molecular formula is C28H36F2O2. The van der Waals surface area contributed by atoms with E-state index < -0.39 is 17.6 Å². The molecule has 1 fully saturated rings. The number of esters is 1. The Hall–Kier alpha value is -2.23.